The Hall–Kier alpha value is -2.50. The second-order valence-electron chi connectivity index (χ2n) is 5.15. The van der Waals surface area contributed by atoms with Crippen molar-refractivity contribution in [1.82, 2.24) is 9.78 Å². The highest BCUT2D eigenvalue weighted by atomic mass is 35.5. The fraction of sp³-hybridized carbons (Fsp3) is 0.111. The first-order valence-corrected chi connectivity index (χ1v) is 8.36. The van der Waals surface area contributed by atoms with Gasteiger partial charge in [0.15, 0.2) is 0 Å². The molecule has 5 nitrogen and oxygen atoms in total. The van der Waals surface area contributed by atoms with Crippen molar-refractivity contribution in [2.75, 3.05) is 18.5 Å². The average molecular weight is 376 g/mol. The van der Waals surface area contributed by atoms with Gasteiger partial charge in [0.1, 0.15) is 17.4 Å². The zero-order valence-electron chi connectivity index (χ0n) is 13.2. The van der Waals surface area contributed by atoms with E-state index in [9.17, 15) is 4.79 Å². The van der Waals surface area contributed by atoms with Crippen molar-refractivity contribution in [1.29, 1.82) is 0 Å². The summed E-state index contributed by atoms with van der Waals surface area (Å²) in [5.41, 5.74) is 0.752. The Morgan fingerprint density at radius 2 is 1.76 bits per heavy atom. The van der Waals surface area contributed by atoms with Crippen molar-refractivity contribution in [3.63, 3.8) is 0 Å². The fourth-order valence-corrected chi connectivity index (χ4v) is 2.52. The van der Waals surface area contributed by atoms with E-state index in [1.807, 2.05) is 18.2 Å². The first-order valence-electron chi connectivity index (χ1n) is 7.60. The molecule has 128 valence electrons. The van der Waals surface area contributed by atoms with E-state index in [1.165, 1.54) is 10.9 Å². The number of aromatic nitrogens is 2. The van der Waals surface area contributed by atoms with E-state index < -0.39 is 0 Å². The Morgan fingerprint density at radius 3 is 2.48 bits per heavy atom. The molecule has 1 heterocycles. The van der Waals surface area contributed by atoms with Gasteiger partial charge in [-0.2, -0.15) is 9.78 Å². The van der Waals surface area contributed by atoms with Crippen LogP contribution in [-0.2, 0) is 0 Å². The highest BCUT2D eigenvalue weighted by molar-refractivity contribution is 6.33. The Morgan fingerprint density at radius 1 is 1.04 bits per heavy atom. The lowest BCUT2D eigenvalue weighted by Crippen LogP contribution is -2.23. The van der Waals surface area contributed by atoms with Crippen molar-refractivity contribution >= 4 is 28.9 Å². The zero-order chi connectivity index (χ0) is 17.6. The molecule has 3 rings (SSSR count). The van der Waals surface area contributed by atoms with Gasteiger partial charge in [-0.1, -0.05) is 41.4 Å². The van der Waals surface area contributed by atoms with Gasteiger partial charge >= 0.3 is 0 Å². The van der Waals surface area contributed by atoms with E-state index in [0.29, 0.717) is 29.5 Å². The van der Waals surface area contributed by atoms with Gasteiger partial charge < -0.3 is 10.1 Å². The minimum atomic E-state index is -0.378. The van der Waals surface area contributed by atoms with Crippen molar-refractivity contribution < 1.29 is 4.74 Å². The molecule has 7 heteroatoms. The maximum absolute atomic E-state index is 12.4. The van der Waals surface area contributed by atoms with Crippen LogP contribution in [-0.4, -0.2) is 22.9 Å². The highest BCUT2D eigenvalue weighted by Gasteiger charge is 2.10. The lowest BCUT2D eigenvalue weighted by molar-refractivity contribution is 0.333. The molecular weight excluding hydrogens is 361 g/mol. The summed E-state index contributed by atoms with van der Waals surface area (Å²) in [6, 6.07) is 16.2. The molecule has 0 saturated heterocycles. The van der Waals surface area contributed by atoms with E-state index in [2.05, 4.69) is 10.4 Å². The summed E-state index contributed by atoms with van der Waals surface area (Å²) in [4.78, 5) is 12.4. The normalized spacial score (nSPS) is 10.5. The number of benzene rings is 2. The number of hydrogen-bond acceptors (Lipinski definition) is 4. The molecular formula is C18H15Cl2N3O2. The van der Waals surface area contributed by atoms with Gasteiger partial charge in [0.2, 0.25) is 0 Å². The minimum absolute atomic E-state index is 0.0883. The standard InChI is InChI=1S/C18H15Cl2N3O2/c19-13-6-8-15(9-7-13)25-11-10-21-16-12-22-23(18(24)17(16)20)14-4-2-1-3-5-14/h1-9,12,21H,10-11H2. The van der Waals surface area contributed by atoms with E-state index in [4.69, 9.17) is 27.9 Å². The third kappa shape index (κ3) is 4.32. The Kier molecular flexibility index (Phi) is 5.58. The summed E-state index contributed by atoms with van der Waals surface area (Å²) in [5.74, 6) is 0.718. The van der Waals surface area contributed by atoms with Crippen molar-refractivity contribution in [3.05, 3.63) is 81.2 Å². The molecule has 0 saturated carbocycles. The first kappa shape index (κ1) is 17.3. The molecule has 3 aromatic rings. The van der Waals surface area contributed by atoms with Crippen LogP contribution in [0.15, 0.2) is 65.6 Å². The largest absolute Gasteiger partial charge is 0.492 e. The van der Waals surface area contributed by atoms with Gasteiger partial charge in [0.05, 0.1) is 17.6 Å². The smallest absolute Gasteiger partial charge is 0.292 e. The first-order chi connectivity index (χ1) is 12.1. The number of anilines is 1. The van der Waals surface area contributed by atoms with E-state index in [0.717, 1.165) is 5.75 Å². The summed E-state index contributed by atoms with van der Waals surface area (Å²) in [7, 11) is 0. The molecule has 0 aliphatic heterocycles. The van der Waals surface area contributed by atoms with Crippen LogP contribution in [0.4, 0.5) is 5.69 Å². The molecule has 0 aliphatic rings. The van der Waals surface area contributed by atoms with Crippen LogP contribution in [0.5, 0.6) is 5.75 Å². The molecule has 0 spiro atoms. The van der Waals surface area contributed by atoms with Crippen LogP contribution >= 0.6 is 23.2 Å². The molecule has 0 amide bonds. The minimum Gasteiger partial charge on any atom is -0.492 e. The van der Waals surface area contributed by atoms with Gasteiger partial charge in [-0.3, -0.25) is 4.79 Å². The van der Waals surface area contributed by atoms with Crippen LogP contribution in [0.3, 0.4) is 0 Å². The summed E-state index contributed by atoms with van der Waals surface area (Å²) in [5, 5.41) is 7.96. The number of nitrogens with zero attached hydrogens (tertiary/aromatic N) is 2. The predicted octanol–water partition coefficient (Wildman–Crippen LogP) is 4.03. The molecule has 2 aromatic carbocycles. The molecule has 1 N–H and O–H groups in total. The van der Waals surface area contributed by atoms with Crippen LogP contribution in [0, 0.1) is 0 Å². The lowest BCUT2D eigenvalue weighted by atomic mass is 10.3. The van der Waals surface area contributed by atoms with Crippen LogP contribution < -0.4 is 15.6 Å². The average Bonchev–Trinajstić information content (AvgIpc) is 2.64. The number of hydrogen-bond donors (Lipinski definition) is 1. The number of nitrogens with one attached hydrogen (secondary N) is 1. The van der Waals surface area contributed by atoms with E-state index in [1.54, 1.807) is 36.4 Å². The monoisotopic (exact) mass is 375 g/mol. The third-order valence-corrected chi connectivity index (χ3v) is 4.04. The fourth-order valence-electron chi connectivity index (χ4n) is 2.19. The molecule has 1 aromatic heterocycles. The topological polar surface area (TPSA) is 56.1 Å². The van der Waals surface area contributed by atoms with Gasteiger partial charge in [0, 0.05) is 11.6 Å². The van der Waals surface area contributed by atoms with Crippen LogP contribution in [0.2, 0.25) is 10.0 Å². The van der Waals surface area contributed by atoms with Crippen molar-refractivity contribution in [2.45, 2.75) is 0 Å². The third-order valence-electron chi connectivity index (χ3n) is 3.42. The van der Waals surface area contributed by atoms with Gasteiger partial charge in [-0.15, -0.1) is 0 Å². The molecule has 0 radical (unpaired) electrons. The second-order valence-corrected chi connectivity index (χ2v) is 5.97. The van der Waals surface area contributed by atoms with Gasteiger partial charge in [-0.05, 0) is 36.4 Å². The summed E-state index contributed by atoms with van der Waals surface area (Å²) in [6.45, 7) is 0.874. The molecule has 0 aliphatic carbocycles. The van der Waals surface area contributed by atoms with Crippen LogP contribution in [0.25, 0.3) is 5.69 Å². The number of halogens is 2. The number of rotatable bonds is 6. The molecule has 0 unspecified atom stereocenters. The molecule has 0 bridgehead atoms. The second kappa shape index (κ2) is 8.05. The maximum atomic E-state index is 12.4. The molecule has 0 atom stereocenters. The molecule has 25 heavy (non-hydrogen) atoms. The molecule has 0 fully saturated rings. The van der Waals surface area contributed by atoms with E-state index >= 15 is 0 Å². The number of para-hydroxylation sites is 1. The summed E-state index contributed by atoms with van der Waals surface area (Å²) >= 11 is 12.0. The quantitative estimate of drug-likeness (QED) is 0.660. The Balaban J connectivity index is 1.62. The lowest BCUT2D eigenvalue weighted by Gasteiger charge is -2.11. The van der Waals surface area contributed by atoms with Gasteiger partial charge in [0.25, 0.3) is 5.56 Å². The predicted molar refractivity (Wildman–Crippen MR) is 100 cm³/mol. The SMILES string of the molecule is O=c1c(Cl)c(NCCOc2ccc(Cl)cc2)cnn1-c1ccccc1. The highest BCUT2D eigenvalue weighted by Crippen LogP contribution is 2.17. The number of ether oxygens (including phenoxy) is 1. The van der Waals surface area contributed by atoms with Gasteiger partial charge in [-0.25, -0.2) is 0 Å². The summed E-state index contributed by atoms with van der Waals surface area (Å²) < 4.78 is 6.84. The van der Waals surface area contributed by atoms with Crippen molar-refractivity contribution in [3.8, 4) is 11.4 Å². The maximum Gasteiger partial charge on any atom is 0.292 e. The van der Waals surface area contributed by atoms with Crippen LogP contribution in [0.1, 0.15) is 0 Å². The Bertz CT molecular complexity index is 896. The van der Waals surface area contributed by atoms with Crippen molar-refractivity contribution in [2.24, 2.45) is 0 Å². The van der Waals surface area contributed by atoms with E-state index in [-0.39, 0.29) is 10.6 Å². The summed E-state index contributed by atoms with van der Waals surface area (Å²) in [6.07, 6.45) is 1.53. The Labute approximate surface area is 154 Å². The zero-order valence-corrected chi connectivity index (χ0v) is 14.7.